The molecule has 16 heavy (non-hydrogen) atoms. The summed E-state index contributed by atoms with van der Waals surface area (Å²) in [6.07, 6.45) is -0.929. The molecule has 2 aliphatic rings. The van der Waals surface area contributed by atoms with Crippen molar-refractivity contribution in [2.45, 2.75) is 31.9 Å². The van der Waals surface area contributed by atoms with Crippen LogP contribution in [0.5, 0.6) is 0 Å². The molecule has 0 unspecified atom stereocenters. The first-order chi connectivity index (χ1) is 7.41. The number of alkyl carbamates (subject to hydrolysis) is 1. The lowest BCUT2D eigenvalue weighted by Gasteiger charge is -2.15. The molecule has 2 fully saturated rings. The van der Waals surface area contributed by atoms with Gasteiger partial charge in [0.15, 0.2) is 6.61 Å². The van der Waals surface area contributed by atoms with E-state index < -0.39 is 18.9 Å². The maximum absolute atomic E-state index is 11.7. The molecule has 0 aliphatic heterocycles. The lowest BCUT2D eigenvalue weighted by molar-refractivity contribution is -0.160. The predicted octanol–water partition coefficient (Wildman–Crippen LogP) is 2.47. The maximum Gasteiger partial charge on any atom is 0.422 e. The van der Waals surface area contributed by atoms with Crippen LogP contribution in [0.3, 0.4) is 0 Å². The molecule has 0 saturated heterocycles. The molecule has 0 radical (unpaired) electrons. The fraction of sp³-hybridized carbons (Fsp3) is 0.900. The molecule has 3 nitrogen and oxygen atoms in total. The van der Waals surface area contributed by atoms with E-state index in [1.54, 1.807) is 0 Å². The minimum atomic E-state index is -4.45. The Kier molecular flexibility index (Phi) is 2.75. The highest BCUT2D eigenvalue weighted by Gasteiger charge is 2.53. The first-order valence-electron chi connectivity index (χ1n) is 5.39. The summed E-state index contributed by atoms with van der Waals surface area (Å²) in [5.74, 6) is 0.662. The average Bonchev–Trinajstić information content (AvgIpc) is 2.98. The molecular formula is C10H14F3NO2. The van der Waals surface area contributed by atoms with Crippen molar-refractivity contribution < 1.29 is 22.7 Å². The van der Waals surface area contributed by atoms with Crippen LogP contribution in [0.4, 0.5) is 18.0 Å². The highest BCUT2D eigenvalue weighted by atomic mass is 19.4. The van der Waals surface area contributed by atoms with Gasteiger partial charge in [-0.3, -0.25) is 0 Å². The smallest absolute Gasteiger partial charge is 0.422 e. The molecule has 0 heterocycles. The Balaban J connectivity index is 1.64. The summed E-state index contributed by atoms with van der Waals surface area (Å²) in [6.45, 7) is -1.07. The van der Waals surface area contributed by atoms with Crippen molar-refractivity contribution >= 4 is 6.09 Å². The van der Waals surface area contributed by atoms with Gasteiger partial charge in [-0.2, -0.15) is 13.2 Å². The molecule has 2 rings (SSSR count). The maximum atomic E-state index is 11.7. The Morgan fingerprint density at radius 2 is 2.00 bits per heavy atom. The van der Waals surface area contributed by atoms with E-state index in [1.807, 2.05) is 0 Å². The van der Waals surface area contributed by atoms with Gasteiger partial charge in [-0.1, -0.05) is 0 Å². The van der Waals surface area contributed by atoms with Crippen molar-refractivity contribution in [3.8, 4) is 0 Å². The number of hydrogen-bond donors (Lipinski definition) is 1. The molecule has 0 bridgehead atoms. The Hall–Kier alpha value is -0.940. The van der Waals surface area contributed by atoms with E-state index in [9.17, 15) is 18.0 Å². The number of alkyl halides is 3. The van der Waals surface area contributed by atoms with Crippen LogP contribution in [0.2, 0.25) is 0 Å². The number of hydrogen-bond acceptors (Lipinski definition) is 2. The van der Waals surface area contributed by atoms with Crippen LogP contribution in [0, 0.1) is 11.3 Å². The summed E-state index contributed by atoms with van der Waals surface area (Å²) in [5, 5.41) is 2.42. The third-order valence-corrected chi connectivity index (χ3v) is 3.29. The summed E-state index contributed by atoms with van der Waals surface area (Å²) in [4.78, 5) is 11.0. The van der Waals surface area contributed by atoms with E-state index in [0.29, 0.717) is 12.5 Å². The first kappa shape index (κ1) is 11.5. The number of nitrogens with one attached hydrogen (secondary N) is 1. The van der Waals surface area contributed by atoms with E-state index in [0.717, 1.165) is 12.8 Å². The van der Waals surface area contributed by atoms with Gasteiger partial charge in [0.2, 0.25) is 0 Å². The normalized spacial score (nSPS) is 22.7. The third kappa shape index (κ3) is 3.02. The zero-order valence-corrected chi connectivity index (χ0v) is 8.77. The average molecular weight is 237 g/mol. The number of ether oxygens (including phenoxy) is 1. The molecule has 0 aromatic rings. The molecule has 0 atom stereocenters. The molecule has 0 aromatic heterocycles. The van der Waals surface area contributed by atoms with Crippen LogP contribution in [-0.4, -0.2) is 25.4 Å². The van der Waals surface area contributed by atoms with Gasteiger partial charge >= 0.3 is 12.3 Å². The molecular weight excluding hydrogens is 223 g/mol. The first-order valence-corrected chi connectivity index (χ1v) is 5.39. The number of amides is 1. The van der Waals surface area contributed by atoms with Crippen LogP contribution >= 0.6 is 0 Å². The molecule has 1 N–H and O–H groups in total. The van der Waals surface area contributed by atoms with Crippen molar-refractivity contribution in [1.29, 1.82) is 0 Å². The van der Waals surface area contributed by atoms with Gasteiger partial charge < -0.3 is 10.1 Å². The highest BCUT2D eigenvalue weighted by molar-refractivity contribution is 5.67. The third-order valence-electron chi connectivity index (χ3n) is 3.29. The molecule has 6 heteroatoms. The lowest BCUT2D eigenvalue weighted by atomic mass is 10.0. The SMILES string of the molecule is O=C(NCC1(C2CC2)CC1)OCC(F)(F)F. The summed E-state index contributed by atoms with van der Waals surface area (Å²) < 4.78 is 39.3. The Morgan fingerprint density at radius 3 is 2.44 bits per heavy atom. The van der Waals surface area contributed by atoms with Gasteiger partial charge in [-0.25, -0.2) is 4.79 Å². The number of rotatable bonds is 4. The second kappa shape index (κ2) is 3.82. The number of halogens is 3. The largest absolute Gasteiger partial charge is 0.440 e. The Labute approximate surface area is 91.3 Å². The van der Waals surface area contributed by atoms with E-state index in [1.165, 1.54) is 12.8 Å². The highest BCUT2D eigenvalue weighted by Crippen LogP contribution is 2.60. The molecule has 2 saturated carbocycles. The summed E-state index contributed by atoms with van der Waals surface area (Å²) in [5.41, 5.74) is 0.178. The fourth-order valence-electron chi connectivity index (χ4n) is 2.03. The van der Waals surface area contributed by atoms with E-state index in [2.05, 4.69) is 10.1 Å². The lowest BCUT2D eigenvalue weighted by Crippen LogP contribution is -2.33. The topological polar surface area (TPSA) is 38.3 Å². The fourth-order valence-corrected chi connectivity index (χ4v) is 2.03. The minimum absolute atomic E-state index is 0.178. The number of carbonyl (C=O) groups is 1. The second-order valence-corrected chi connectivity index (χ2v) is 4.68. The van der Waals surface area contributed by atoms with Crippen LogP contribution in [-0.2, 0) is 4.74 Å². The van der Waals surface area contributed by atoms with Crippen molar-refractivity contribution in [3.05, 3.63) is 0 Å². The molecule has 0 aromatic carbocycles. The van der Waals surface area contributed by atoms with Crippen molar-refractivity contribution in [1.82, 2.24) is 5.32 Å². The summed E-state index contributed by atoms with van der Waals surface area (Å²) >= 11 is 0. The van der Waals surface area contributed by atoms with Gasteiger partial charge in [0.1, 0.15) is 0 Å². The van der Waals surface area contributed by atoms with Crippen molar-refractivity contribution in [2.75, 3.05) is 13.2 Å². The standard InChI is InChI=1S/C10H14F3NO2/c11-10(12,13)6-16-8(15)14-5-9(3-4-9)7-1-2-7/h7H,1-6H2,(H,14,15). The van der Waals surface area contributed by atoms with E-state index in [4.69, 9.17) is 0 Å². The Morgan fingerprint density at radius 1 is 1.38 bits per heavy atom. The molecule has 92 valence electrons. The Bertz CT molecular complexity index is 282. The van der Waals surface area contributed by atoms with E-state index >= 15 is 0 Å². The molecule has 1 amide bonds. The monoisotopic (exact) mass is 237 g/mol. The van der Waals surface area contributed by atoms with Gasteiger partial charge in [0.05, 0.1) is 0 Å². The second-order valence-electron chi connectivity index (χ2n) is 4.68. The van der Waals surface area contributed by atoms with Crippen LogP contribution < -0.4 is 5.32 Å². The van der Waals surface area contributed by atoms with Crippen LogP contribution in [0.25, 0.3) is 0 Å². The zero-order valence-electron chi connectivity index (χ0n) is 8.77. The van der Waals surface area contributed by atoms with Crippen molar-refractivity contribution in [3.63, 3.8) is 0 Å². The zero-order chi connectivity index (χ0) is 11.8. The van der Waals surface area contributed by atoms with Gasteiger partial charge in [0.25, 0.3) is 0 Å². The van der Waals surface area contributed by atoms with Crippen LogP contribution in [0.15, 0.2) is 0 Å². The summed E-state index contributed by atoms with van der Waals surface area (Å²) in [6, 6.07) is 0. The van der Waals surface area contributed by atoms with Gasteiger partial charge in [-0.05, 0) is 37.0 Å². The van der Waals surface area contributed by atoms with Crippen LogP contribution in [0.1, 0.15) is 25.7 Å². The number of carbonyl (C=O) groups excluding carboxylic acids is 1. The predicted molar refractivity (Wildman–Crippen MR) is 49.8 cm³/mol. The van der Waals surface area contributed by atoms with Crippen molar-refractivity contribution in [2.24, 2.45) is 11.3 Å². The quantitative estimate of drug-likeness (QED) is 0.815. The molecule has 2 aliphatic carbocycles. The minimum Gasteiger partial charge on any atom is -0.440 e. The van der Waals surface area contributed by atoms with Gasteiger partial charge in [-0.15, -0.1) is 0 Å². The van der Waals surface area contributed by atoms with E-state index in [-0.39, 0.29) is 5.41 Å². The van der Waals surface area contributed by atoms with Gasteiger partial charge in [0, 0.05) is 6.54 Å². The molecule has 0 spiro atoms. The summed E-state index contributed by atoms with van der Waals surface area (Å²) in [7, 11) is 0.